The molecule has 0 fully saturated rings. The van der Waals surface area contributed by atoms with Crippen molar-refractivity contribution in [1.29, 1.82) is 0 Å². The molecule has 3 aromatic heterocycles. The van der Waals surface area contributed by atoms with E-state index in [9.17, 15) is 18.3 Å². The van der Waals surface area contributed by atoms with E-state index in [2.05, 4.69) is 224 Å². The fourth-order valence-corrected chi connectivity index (χ4v) is 13.9. The molecule has 8 nitrogen and oxygen atoms in total. The summed E-state index contributed by atoms with van der Waals surface area (Å²) < 4.78 is 59.1. The Morgan fingerprint density at radius 1 is 0.437 bits per heavy atom. The van der Waals surface area contributed by atoms with Crippen LogP contribution in [0.3, 0.4) is 0 Å². The average molecular weight is 1370 g/mol. The molecule has 0 saturated heterocycles. The minimum absolute atomic E-state index is 0.337. The number of nitrogens with two attached hydrogens (primary N) is 1. The molecular formula is C92H87F3N4O4. The Kier molecular flexibility index (Phi) is 22.5. The molecule has 1 aliphatic carbocycles. The molecule has 0 aliphatic heterocycles. The van der Waals surface area contributed by atoms with Gasteiger partial charge in [-0.1, -0.05) is 204 Å². The first-order valence-corrected chi connectivity index (χ1v) is 35.9. The van der Waals surface area contributed by atoms with Crippen molar-refractivity contribution in [3.8, 4) is 23.0 Å². The number of aromatic amines is 2. The van der Waals surface area contributed by atoms with Crippen molar-refractivity contribution in [2.24, 2.45) is 5.73 Å². The van der Waals surface area contributed by atoms with Gasteiger partial charge in [0.15, 0.2) is 0 Å². The number of hydrogen-bond acceptors (Lipinski definition) is 5. The highest BCUT2D eigenvalue weighted by atomic mass is 19.4. The van der Waals surface area contributed by atoms with Gasteiger partial charge in [0, 0.05) is 63.8 Å². The molecule has 3 heterocycles. The van der Waals surface area contributed by atoms with Crippen LogP contribution in [0.5, 0.6) is 23.0 Å². The molecule has 0 saturated carbocycles. The highest BCUT2D eigenvalue weighted by molar-refractivity contribution is 5.88. The summed E-state index contributed by atoms with van der Waals surface area (Å²) in [4.78, 5) is 6.53. The van der Waals surface area contributed by atoms with Gasteiger partial charge >= 0.3 is 6.18 Å². The molecule has 0 radical (unpaired) electrons. The zero-order valence-corrected chi connectivity index (χ0v) is 58.7. The van der Waals surface area contributed by atoms with Crippen LogP contribution in [0.25, 0.3) is 70.6 Å². The van der Waals surface area contributed by atoms with E-state index in [-0.39, 0.29) is 0 Å². The first-order chi connectivity index (χ1) is 50.3. The van der Waals surface area contributed by atoms with Crippen molar-refractivity contribution < 1.29 is 32.5 Å². The van der Waals surface area contributed by atoms with E-state index in [4.69, 9.17) is 19.9 Å². The molecule has 5 N–H and O–H groups in total. The number of H-pyrrole nitrogens is 2. The van der Waals surface area contributed by atoms with Crippen LogP contribution in [0.4, 0.5) is 13.2 Å². The molecule has 15 aromatic rings. The second-order valence-electron chi connectivity index (χ2n) is 26.7. The fourth-order valence-electron chi connectivity index (χ4n) is 13.9. The van der Waals surface area contributed by atoms with E-state index in [0.717, 1.165) is 113 Å². The standard InChI is InChI=1S/C30H28O.C29H25F3N2O.C22H21NO.C11H13NO/c1-2-8-26-19-27(17-22-9-4-3-5-10-22)29-16-15-28(20-30(26)29)31-21-23-13-14-24-11-6-7-12-25(24)18-23;30-29(31,32)25-9-6-20(7-10-25)17-34-18-24(13-14-33)27-16-26(11-12-28(27)34)35-19-21-5-8-22-3-1-2-4-23(22)15-21;1-2-5-19-14-23-22-11-10-20(13-21(19)22)24-15-16-8-9-17-6-3-4-7-18(17)12-16;1-2-3-8-7-12-11-5-4-9(13)6-10(8)11/h3-7,9-16,18-20,27H,2,8,17,21H2,1H3;1-12,15-16,18H,13-14,17,19,33H2;3-4,6-14,23H,2,5,15H2,1H3;4-7,12-13H,2-3H2,1H3. The van der Waals surface area contributed by atoms with Crippen LogP contribution in [-0.4, -0.2) is 26.2 Å². The van der Waals surface area contributed by atoms with Gasteiger partial charge in [-0.15, -0.1) is 0 Å². The third kappa shape index (κ3) is 17.6. The van der Waals surface area contributed by atoms with Crippen LogP contribution in [0, 0.1) is 0 Å². The molecule has 16 rings (SSSR count). The second-order valence-corrected chi connectivity index (χ2v) is 26.7. The summed E-state index contributed by atoms with van der Waals surface area (Å²) in [6.45, 7) is 9.21. The SMILES string of the molecule is CCCC1=CC(Cc2ccccc2)c2ccc(OCc3ccc4ccccc4c3)cc21.CCCc1c[nH]c2ccc(O)cc12.CCCc1c[nH]c2ccc(OCc3ccc4ccccc4c3)cc12.NCCc1cn(Cc2ccc(C(F)(F)F)cc2)c2ccc(OCc3ccc4ccccc4c3)cc12. The van der Waals surface area contributed by atoms with E-state index in [1.54, 1.807) is 6.07 Å². The van der Waals surface area contributed by atoms with Gasteiger partial charge in [-0.05, 0) is 229 Å². The largest absolute Gasteiger partial charge is 0.508 e. The van der Waals surface area contributed by atoms with Gasteiger partial charge in [0.25, 0.3) is 0 Å². The van der Waals surface area contributed by atoms with Gasteiger partial charge in [-0.25, -0.2) is 0 Å². The third-order valence-corrected chi connectivity index (χ3v) is 19.2. The Morgan fingerprint density at radius 2 is 0.913 bits per heavy atom. The van der Waals surface area contributed by atoms with Crippen molar-refractivity contribution in [3.63, 3.8) is 0 Å². The van der Waals surface area contributed by atoms with Gasteiger partial charge < -0.3 is 39.6 Å². The minimum atomic E-state index is -4.34. The predicted octanol–water partition coefficient (Wildman–Crippen LogP) is 23.6. The maximum absolute atomic E-state index is 12.9. The Bertz CT molecular complexity index is 5380. The van der Waals surface area contributed by atoms with Gasteiger partial charge in [-0.3, -0.25) is 0 Å². The smallest absolute Gasteiger partial charge is 0.416 e. The Hall–Kier alpha value is -11.3. The molecule has 0 amide bonds. The number of aryl methyl sites for hydroxylation is 2. The second kappa shape index (κ2) is 33.0. The number of nitrogens with one attached hydrogen (secondary N) is 2. The molecule has 11 heteroatoms. The first kappa shape index (κ1) is 70.2. The highest BCUT2D eigenvalue weighted by Crippen LogP contribution is 2.42. The van der Waals surface area contributed by atoms with Crippen LogP contribution < -0.4 is 19.9 Å². The summed E-state index contributed by atoms with van der Waals surface area (Å²) in [5.74, 6) is 3.43. The van der Waals surface area contributed by atoms with E-state index in [0.29, 0.717) is 51.0 Å². The summed E-state index contributed by atoms with van der Waals surface area (Å²) in [6, 6.07) is 84.9. The molecule has 103 heavy (non-hydrogen) atoms. The van der Waals surface area contributed by atoms with Crippen LogP contribution >= 0.6 is 0 Å². The number of allylic oxidation sites excluding steroid dienone is 2. The fraction of sp³-hybridized carbons (Fsp3) is 0.196. The summed E-state index contributed by atoms with van der Waals surface area (Å²) >= 11 is 0. The highest BCUT2D eigenvalue weighted by Gasteiger charge is 2.30. The first-order valence-electron chi connectivity index (χ1n) is 35.9. The molecule has 1 atom stereocenters. The van der Waals surface area contributed by atoms with Crippen molar-refractivity contribution in [2.75, 3.05) is 6.54 Å². The average Bonchev–Trinajstić information content (AvgIpc) is 1.65. The summed E-state index contributed by atoms with van der Waals surface area (Å²) in [5.41, 5.74) is 22.2. The Labute approximate surface area is 600 Å². The van der Waals surface area contributed by atoms with Crippen molar-refractivity contribution in [2.45, 2.75) is 111 Å². The number of alkyl halides is 3. The van der Waals surface area contributed by atoms with Crippen LogP contribution in [0.1, 0.15) is 114 Å². The Morgan fingerprint density at radius 3 is 1.45 bits per heavy atom. The molecule has 520 valence electrons. The molecule has 0 spiro atoms. The Balaban J connectivity index is 0.000000128. The summed E-state index contributed by atoms with van der Waals surface area (Å²) in [6.07, 6.45) is 12.8. The van der Waals surface area contributed by atoms with E-state index >= 15 is 0 Å². The summed E-state index contributed by atoms with van der Waals surface area (Å²) in [5, 5.41) is 20.2. The zero-order valence-electron chi connectivity index (χ0n) is 58.7. The van der Waals surface area contributed by atoms with E-state index < -0.39 is 11.7 Å². The van der Waals surface area contributed by atoms with E-state index in [1.807, 2.05) is 60.9 Å². The van der Waals surface area contributed by atoms with Crippen LogP contribution in [0.15, 0.2) is 279 Å². The number of aromatic hydroxyl groups is 1. The van der Waals surface area contributed by atoms with Gasteiger partial charge in [-0.2, -0.15) is 13.2 Å². The zero-order chi connectivity index (χ0) is 71.1. The number of hydrogen-bond donors (Lipinski definition) is 4. The maximum Gasteiger partial charge on any atom is 0.416 e. The van der Waals surface area contributed by atoms with E-state index in [1.165, 1.54) is 99.9 Å². The molecule has 1 aliphatic rings. The predicted molar refractivity (Wildman–Crippen MR) is 419 cm³/mol. The number of phenolic OH excluding ortho intramolecular Hbond substituents is 1. The number of nitrogens with zero attached hydrogens (tertiary/aromatic N) is 1. The van der Waals surface area contributed by atoms with Crippen LogP contribution in [-0.2, 0) is 58.2 Å². The monoisotopic (exact) mass is 1370 g/mol. The third-order valence-electron chi connectivity index (χ3n) is 19.2. The van der Waals surface area contributed by atoms with Crippen molar-refractivity contribution in [3.05, 3.63) is 341 Å². The lowest BCUT2D eigenvalue weighted by Gasteiger charge is -2.14. The number of halogens is 3. The number of rotatable bonds is 21. The molecule has 12 aromatic carbocycles. The van der Waals surface area contributed by atoms with Crippen LogP contribution in [0.2, 0.25) is 0 Å². The van der Waals surface area contributed by atoms with Crippen molar-refractivity contribution in [1.82, 2.24) is 14.5 Å². The normalized spacial score (nSPS) is 12.5. The lowest BCUT2D eigenvalue weighted by Crippen LogP contribution is -2.05. The maximum atomic E-state index is 12.9. The van der Waals surface area contributed by atoms with Gasteiger partial charge in [0.1, 0.15) is 42.8 Å². The molecular weight excluding hydrogens is 1280 g/mol. The van der Waals surface area contributed by atoms with Gasteiger partial charge in [0.2, 0.25) is 0 Å². The summed E-state index contributed by atoms with van der Waals surface area (Å²) in [7, 11) is 0. The number of fused-ring (bicyclic) bond motifs is 7. The number of benzene rings is 12. The minimum Gasteiger partial charge on any atom is -0.508 e. The quantitative estimate of drug-likeness (QED) is 0.0573. The topological polar surface area (TPSA) is 110 Å². The molecule has 0 bridgehead atoms. The number of aromatic nitrogens is 3. The van der Waals surface area contributed by atoms with Gasteiger partial charge in [0.05, 0.1) is 5.56 Å². The van der Waals surface area contributed by atoms with Crippen molar-refractivity contribution >= 4 is 70.6 Å². The lowest BCUT2D eigenvalue weighted by molar-refractivity contribution is -0.137. The lowest BCUT2D eigenvalue weighted by atomic mass is 9.93. The number of phenols is 1. The molecule has 1 unspecified atom stereocenters. The number of ether oxygens (including phenoxy) is 3.